The maximum absolute atomic E-state index is 11.8. The van der Waals surface area contributed by atoms with Gasteiger partial charge in [0.25, 0.3) is 5.91 Å². The second-order valence-corrected chi connectivity index (χ2v) is 4.87. The monoisotopic (exact) mass is 321 g/mol. The van der Waals surface area contributed by atoms with Crippen molar-refractivity contribution in [1.82, 2.24) is 5.32 Å². The van der Waals surface area contributed by atoms with E-state index in [0.29, 0.717) is 12.4 Å². The molecule has 6 heteroatoms. The summed E-state index contributed by atoms with van der Waals surface area (Å²) in [5, 5.41) is 11.5. The summed E-state index contributed by atoms with van der Waals surface area (Å²) in [5.41, 5.74) is 0. The molecule has 0 bridgehead atoms. The molecule has 6 nitrogen and oxygen atoms in total. The number of carboxylic acids is 1. The number of amides is 1. The molecule has 23 heavy (non-hydrogen) atoms. The fourth-order valence-electron chi connectivity index (χ4n) is 1.73. The maximum atomic E-state index is 11.8. The molecule has 0 saturated carbocycles. The molecule has 1 unspecified atom stereocenters. The first-order chi connectivity index (χ1) is 11.1. The molecule has 0 aliphatic carbocycles. The third kappa shape index (κ3) is 7.35. The number of hydrogen-bond donors (Lipinski definition) is 2. The fourth-order valence-corrected chi connectivity index (χ4v) is 1.73. The molecule has 0 aromatic heterocycles. The number of carboxylic acid groups (broad SMARTS) is 1. The van der Waals surface area contributed by atoms with E-state index in [1.807, 2.05) is 6.92 Å². The lowest BCUT2D eigenvalue weighted by molar-refractivity contribution is -0.142. The second kappa shape index (κ2) is 10.3. The average molecular weight is 321 g/mol. The van der Waals surface area contributed by atoms with Crippen LogP contribution in [0.2, 0.25) is 0 Å². The van der Waals surface area contributed by atoms with Crippen LogP contribution in [-0.4, -0.2) is 36.2 Å². The largest absolute Gasteiger partial charge is 0.494 e. The van der Waals surface area contributed by atoms with Crippen LogP contribution in [0.5, 0.6) is 11.5 Å². The van der Waals surface area contributed by atoms with Gasteiger partial charge in [-0.05, 0) is 44.0 Å². The highest BCUT2D eigenvalue weighted by Gasteiger charge is 2.18. The minimum Gasteiger partial charge on any atom is -0.494 e. The third-order valence-electron chi connectivity index (χ3n) is 2.91. The zero-order chi connectivity index (χ0) is 17.1. The first kappa shape index (κ1) is 18.5. The highest BCUT2D eigenvalue weighted by Crippen LogP contribution is 2.17. The molecule has 0 spiro atoms. The molecule has 0 saturated heterocycles. The lowest BCUT2D eigenvalue weighted by Crippen LogP contribution is -2.42. The Labute approximate surface area is 136 Å². The van der Waals surface area contributed by atoms with Gasteiger partial charge in [-0.15, -0.1) is 0 Å². The molecule has 1 aromatic carbocycles. The van der Waals surface area contributed by atoms with Crippen molar-refractivity contribution in [2.75, 3.05) is 13.2 Å². The van der Waals surface area contributed by atoms with Crippen molar-refractivity contribution in [3.8, 4) is 11.5 Å². The van der Waals surface area contributed by atoms with Gasteiger partial charge in [-0.1, -0.05) is 19.1 Å². The summed E-state index contributed by atoms with van der Waals surface area (Å²) in [6.45, 7) is 4.22. The van der Waals surface area contributed by atoms with Crippen molar-refractivity contribution in [2.45, 2.75) is 32.7 Å². The SMILES string of the molecule is C/C=C/CC(NC(=O)COc1ccc(OCCC)cc1)C(=O)O. The predicted molar refractivity (Wildman–Crippen MR) is 86.7 cm³/mol. The van der Waals surface area contributed by atoms with E-state index in [9.17, 15) is 9.59 Å². The number of carbonyl (C=O) groups excluding carboxylic acids is 1. The Balaban J connectivity index is 2.43. The fraction of sp³-hybridized carbons (Fsp3) is 0.412. The van der Waals surface area contributed by atoms with Crippen LogP contribution < -0.4 is 14.8 Å². The van der Waals surface area contributed by atoms with Crippen LogP contribution in [0.25, 0.3) is 0 Å². The van der Waals surface area contributed by atoms with Crippen molar-refractivity contribution >= 4 is 11.9 Å². The second-order valence-electron chi connectivity index (χ2n) is 4.87. The smallest absolute Gasteiger partial charge is 0.326 e. The van der Waals surface area contributed by atoms with Crippen molar-refractivity contribution < 1.29 is 24.2 Å². The zero-order valence-electron chi connectivity index (χ0n) is 13.5. The minimum atomic E-state index is -1.08. The van der Waals surface area contributed by atoms with Crippen LogP contribution in [0.3, 0.4) is 0 Å². The Bertz CT molecular complexity index is 524. The molecule has 1 rings (SSSR count). The number of nitrogens with one attached hydrogen (secondary N) is 1. The number of ether oxygens (including phenoxy) is 2. The Kier molecular flexibility index (Phi) is 8.28. The quantitative estimate of drug-likeness (QED) is 0.646. The van der Waals surface area contributed by atoms with Gasteiger partial charge in [0.15, 0.2) is 6.61 Å². The summed E-state index contributed by atoms with van der Waals surface area (Å²) in [5.74, 6) is -0.299. The molecule has 1 atom stereocenters. The first-order valence-electron chi connectivity index (χ1n) is 7.55. The molecule has 0 radical (unpaired) electrons. The van der Waals surface area contributed by atoms with Crippen LogP contribution in [0.1, 0.15) is 26.7 Å². The van der Waals surface area contributed by atoms with Crippen LogP contribution >= 0.6 is 0 Å². The maximum Gasteiger partial charge on any atom is 0.326 e. The summed E-state index contributed by atoms with van der Waals surface area (Å²) in [7, 11) is 0. The average Bonchev–Trinajstić information content (AvgIpc) is 2.55. The van der Waals surface area contributed by atoms with Crippen LogP contribution in [0, 0.1) is 0 Å². The molecule has 0 fully saturated rings. The molecule has 126 valence electrons. The molecule has 0 heterocycles. The van der Waals surface area contributed by atoms with Gasteiger partial charge >= 0.3 is 5.97 Å². The number of carbonyl (C=O) groups is 2. The number of allylic oxidation sites excluding steroid dienone is 1. The highest BCUT2D eigenvalue weighted by molar-refractivity contribution is 5.84. The summed E-state index contributed by atoms with van der Waals surface area (Å²) >= 11 is 0. The summed E-state index contributed by atoms with van der Waals surface area (Å²) in [6, 6.07) is 5.97. The van der Waals surface area contributed by atoms with Crippen LogP contribution in [0.15, 0.2) is 36.4 Å². The molecule has 1 aromatic rings. The Morgan fingerprint density at radius 1 is 1.22 bits per heavy atom. The van der Waals surface area contributed by atoms with E-state index in [1.165, 1.54) is 0 Å². The lowest BCUT2D eigenvalue weighted by Gasteiger charge is -2.13. The van der Waals surface area contributed by atoms with Gasteiger partial charge < -0.3 is 19.9 Å². The van der Waals surface area contributed by atoms with Gasteiger partial charge in [0.1, 0.15) is 17.5 Å². The van der Waals surface area contributed by atoms with E-state index >= 15 is 0 Å². The van der Waals surface area contributed by atoms with Crippen molar-refractivity contribution in [3.05, 3.63) is 36.4 Å². The Morgan fingerprint density at radius 2 is 1.83 bits per heavy atom. The molecular weight excluding hydrogens is 298 g/mol. The zero-order valence-corrected chi connectivity index (χ0v) is 13.5. The van der Waals surface area contributed by atoms with Gasteiger partial charge in [0.05, 0.1) is 6.61 Å². The summed E-state index contributed by atoms with van der Waals surface area (Å²) in [6.07, 6.45) is 4.59. The number of aliphatic carboxylic acids is 1. The summed E-state index contributed by atoms with van der Waals surface area (Å²) in [4.78, 5) is 22.8. The van der Waals surface area contributed by atoms with Crippen molar-refractivity contribution in [1.29, 1.82) is 0 Å². The van der Waals surface area contributed by atoms with Crippen LogP contribution in [0.4, 0.5) is 0 Å². The van der Waals surface area contributed by atoms with Crippen LogP contribution in [-0.2, 0) is 9.59 Å². The van der Waals surface area contributed by atoms with Gasteiger partial charge in [-0.2, -0.15) is 0 Å². The van der Waals surface area contributed by atoms with E-state index in [-0.39, 0.29) is 13.0 Å². The topological polar surface area (TPSA) is 84.9 Å². The van der Waals surface area contributed by atoms with Crippen molar-refractivity contribution in [3.63, 3.8) is 0 Å². The molecule has 1 amide bonds. The first-order valence-corrected chi connectivity index (χ1v) is 7.55. The molecule has 2 N–H and O–H groups in total. The number of benzene rings is 1. The predicted octanol–water partition coefficient (Wildman–Crippen LogP) is 2.39. The Morgan fingerprint density at radius 3 is 2.35 bits per heavy atom. The van der Waals surface area contributed by atoms with Crippen molar-refractivity contribution in [2.24, 2.45) is 0 Å². The van der Waals surface area contributed by atoms with E-state index in [4.69, 9.17) is 14.6 Å². The molecular formula is C17H23NO5. The van der Waals surface area contributed by atoms with E-state index in [0.717, 1.165) is 12.2 Å². The van der Waals surface area contributed by atoms with Gasteiger partial charge in [0, 0.05) is 0 Å². The number of rotatable bonds is 10. The van der Waals surface area contributed by atoms with E-state index in [2.05, 4.69) is 5.32 Å². The normalized spacial score (nSPS) is 11.9. The van der Waals surface area contributed by atoms with E-state index in [1.54, 1.807) is 43.3 Å². The van der Waals surface area contributed by atoms with Gasteiger partial charge in [-0.25, -0.2) is 4.79 Å². The Hall–Kier alpha value is -2.50. The third-order valence-corrected chi connectivity index (χ3v) is 2.91. The summed E-state index contributed by atoms with van der Waals surface area (Å²) < 4.78 is 10.8. The molecule has 0 aliphatic rings. The van der Waals surface area contributed by atoms with Gasteiger partial charge in [-0.3, -0.25) is 4.79 Å². The van der Waals surface area contributed by atoms with E-state index < -0.39 is 17.9 Å². The highest BCUT2D eigenvalue weighted by atomic mass is 16.5. The van der Waals surface area contributed by atoms with Gasteiger partial charge in [0.2, 0.25) is 0 Å². The number of hydrogen-bond acceptors (Lipinski definition) is 4. The standard InChI is InChI=1S/C17H23NO5/c1-3-5-6-15(17(20)21)18-16(19)12-23-14-9-7-13(8-10-14)22-11-4-2/h3,5,7-10,15H,4,6,11-12H2,1-2H3,(H,18,19)(H,20,21)/b5-3+. The molecule has 0 aliphatic heterocycles. The lowest BCUT2D eigenvalue weighted by atomic mass is 10.2. The minimum absolute atomic E-state index is 0.237.